The molecule has 1 unspecified atom stereocenters. The molecule has 1 aromatic heterocycles. The summed E-state index contributed by atoms with van der Waals surface area (Å²) < 4.78 is 4.81. The smallest absolute Gasteiger partial charge is 0.320 e. The highest BCUT2D eigenvalue weighted by Crippen LogP contribution is 2.07. The Morgan fingerprint density at radius 3 is 2.78 bits per heavy atom. The Bertz CT molecular complexity index is 430. The molecule has 0 bridgehead atoms. The molecule has 0 saturated heterocycles. The van der Waals surface area contributed by atoms with Gasteiger partial charge in [-0.1, -0.05) is 5.16 Å². The molecule has 0 aromatic carbocycles. The van der Waals surface area contributed by atoms with Crippen molar-refractivity contribution >= 4 is 17.7 Å². The van der Waals surface area contributed by atoms with Crippen molar-refractivity contribution in [3.63, 3.8) is 0 Å². The van der Waals surface area contributed by atoms with Crippen molar-refractivity contribution < 1.29 is 19.2 Å². The summed E-state index contributed by atoms with van der Waals surface area (Å²) in [4.78, 5) is 23.9. The van der Waals surface area contributed by atoms with Gasteiger partial charge in [0.1, 0.15) is 11.8 Å². The number of aliphatic carboxylic acids is 1. The molecule has 1 amide bonds. The zero-order valence-corrected chi connectivity index (χ0v) is 10.6. The lowest BCUT2D eigenvalue weighted by molar-refractivity contribution is -0.142. The lowest BCUT2D eigenvalue weighted by Gasteiger charge is -2.20. The number of likely N-dealkylation sites (N-methyl/N-ethyl adjacent to an activating group) is 1. The first-order chi connectivity index (χ1) is 8.40. The van der Waals surface area contributed by atoms with Gasteiger partial charge in [0.2, 0.25) is 5.91 Å². The van der Waals surface area contributed by atoms with E-state index >= 15 is 0 Å². The Labute approximate surface area is 105 Å². The van der Waals surface area contributed by atoms with Gasteiger partial charge in [-0.25, -0.2) is 0 Å². The molecule has 7 nitrogen and oxygen atoms in total. The number of amides is 1. The van der Waals surface area contributed by atoms with Gasteiger partial charge in [-0.05, 0) is 20.9 Å². The number of nitrogens with one attached hydrogen (secondary N) is 1. The van der Waals surface area contributed by atoms with E-state index in [0.29, 0.717) is 18.1 Å². The summed E-state index contributed by atoms with van der Waals surface area (Å²) in [5.41, 5.74) is 0. The Hall–Kier alpha value is -1.89. The molecule has 1 aromatic rings. The molecule has 0 saturated carbocycles. The first-order valence-corrected chi connectivity index (χ1v) is 5.56. The zero-order chi connectivity index (χ0) is 13.7. The summed E-state index contributed by atoms with van der Waals surface area (Å²) in [5.74, 6) is -0.161. The van der Waals surface area contributed by atoms with E-state index in [2.05, 4.69) is 10.5 Å². The molecule has 1 atom stereocenters. The highest BCUT2D eigenvalue weighted by Gasteiger charge is 2.17. The summed E-state index contributed by atoms with van der Waals surface area (Å²) >= 11 is 0. The van der Waals surface area contributed by atoms with Gasteiger partial charge in [0.15, 0.2) is 5.82 Å². The van der Waals surface area contributed by atoms with Gasteiger partial charge >= 0.3 is 5.97 Å². The highest BCUT2D eigenvalue weighted by molar-refractivity contribution is 5.89. The molecule has 0 radical (unpaired) electrons. The molecule has 1 rings (SSSR count). The number of aryl methyl sites for hydroxylation is 1. The lowest BCUT2D eigenvalue weighted by Crippen LogP contribution is -2.37. The Morgan fingerprint density at radius 2 is 2.28 bits per heavy atom. The Morgan fingerprint density at radius 1 is 1.61 bits per heavy atom. The second kappa shape index (κ2) is 6.15. The van der Waals surface area contributed by atoms with Crippen LogP contribution in [0, 0.1) is 6.92 Å². The first-order valence-electron chi connectivity index (χ1n) is 5.56. The van der Waals surface area contributed by atoms with Crippen molar-refractivity contribution in [2.45, 2.75) is 26.3 Å². The largest absolute Gasteiger partial charge is 0.480 e. The van der Waals surface area contributed by atoms with E-state index in [-0.39, 0.29) is 12.3 Å². The molecular formula is C11H17N3O4. The monoisotopic (exact) mass is 255 g/mol. The third-order valence-electron chi connectivity index (χ3n) is 2.61. The number of hydrogen-bond acceptors (Lipinski definition) is 5. The second-order valence-electron chi connectivity index (χ2n) is 4.12. The van der Waals surface area contributed by atoms with Gasteiger partial charge in [0, 0.05) is 19.0 Å². The summed E-state index contributed by atoms with van der Waals surface area (Å²) in [6, 6.07) is 0.994. The highest BCUT2D eigenvalue weighted by atomic mass is 16.5. The number of carbonyl (C=O) groups is 2. The third kappa shape index (κ3) is 4.17. The number of carbonyl (C=O) groups excluding carboxylic acids is 1. The van der Waals surface area contributed by atoms with Gasteiger partial charge in [-0.3, -0.25) is 14.5 Å². The lowest BCUT2D eigenvalue weighted by atomic mass is 10.2. The van der Waals surface area contributed by atoms with E-state index in [1.54, 1.807) is 31.9 Å². The molecule has 18 heavy (non-hydrogen) atoms. The van der Waals surface area contributed by atoms with Crippen LogP contribution in [0.5, 0.6) is 0 Å². The van der Waals surface area contributed by atoms with Crippen molar-refractivity contribution in [2.24, 2.45) is 0 Å². The number of aromatic nitrogens is 1. The van der Waals surface area contributed by atoms with Crippen LogP contribution in [-0.4, -0.2) is 46.7 Å². The van der Waals surface area contributed by atoms with Crippen LogP contribution >= 0.6 is 0 Å². The SMILES string of the molecule is Cc1cc(NC(=O)CCN(C)C(C)C(=O)O)no1. The van der Waals surface area contributed by atoms with Crippen molar-refractivity contribution in [1.82, 2.24) is 10.1 Å². The second-order valence-corrected chi connectivity index (χ2v) is 4.12. The topological polar surface area (TPSA) is 95.7 Å². The van der Waals surface area contributed by atoms with Crippen LogP contribution in [0.2, 0.25) is 0 Å². The minimum absolute atomic E-state index is 0.194. The average molecular weight is 255 g/mol. The molecule has 100 valence electrons. The molecule has 0 fully saturated rings. The van der Waals surface area contributed by atoms with E-state index in [0.717, 1.165) is 0 Å². The fraction of sp³-hybridized carbons (Fsp3) is 0.545. The molecule has 0 aliphatic carbocycles. The number of carboxylic acid groups (broad SMARTS) is 1. The number of rotatable bonds is 6. The minimum Gasteiger partial charge on any atom is -0.480 e. The molecule has 0 aliphatic heterocycles. The third-order valence-corrected chi connectivity index (χ3v) is 2.61. The van der Waals surface area contributed by atoms with Gasteiger partial charge in [-0.2, -0.15) is 0 Å². The van der Waals surface area contributed by atoms with E-state index in [9.17, 15) is 9.59 Å². The Kier molecular flexibility index (Phi) is 4.85. The number of anilines is 1. The van der Waals surface area contributed by atoms with Gasteiger partial charge in [0.05, 0.1) is 0 Å². The summed E-state index contributed by atoms with van der Waals surface area (Å²) in [7, 11) is 1.66. The van der Waals surface area contributed by atoms with Crippen molar-refractivity contribution in [1.29, 1.82) is 0 Å². The van der Waals surface area contributed by atoms with Crippen molar-refractivity contribution in [3.05, 3.63) is 11.8 Å². The fourth-order valence-electron chi connectivity index (χ4n) is 1.29. The molecule has 0 spiro atoms. The van der Waals surface area contributed by atoms with Crippen LogP contribution in [0.4, 0.5) is 5.82 Å². The first kappa shape index (κ1) is 14.2. The van der Waals surface area contributed by atoms with Gasteiger partial charge in [0.25, 0.3) is 0 Å². The number of carboxylic acids is 1. The molecule has 1 heterocycles. The zero-order valence-electron chi connectivity index (χ0n) is 10.6. The molecule has 0 aliphatic rings. The normalized spacial score (nSPS) is 12.4. The average Bonchev–Trinajstić information content (AvgIpc) is 2.70. The van der Waals surface area contributed by atoms with Crippen LogP contribution in [-0.2, 0) is 9.59 Å². The van der Waals surface area contributed by atoms with E-state index in [1.165, 1.54) is 0 Å². The molecular weight excluding hydrogens is 238 g/mol. The predicted octanol–water partition coefficient (Wildman–Crippen LogP) is 0.717. The van der Waals surface area contributed by atoms with Crippen molar-refractivity contribution in [2.75, 3.05) is 18.9 Å². The maximum Gasteiger partial charge on any atom is 0.320 e. The quantitative estimate of drug-likeness (QED) is 0.777. The molecule has 2 N–H and O–H groups in total. The number of hydrogen-bond donors (Lipinski definition) is 2. The van der Waals surface area contributed by atoms with Crippen LogP contribution < -0.4 is 5.32 Å². The van der Waals surface area contributed by atoms with Crippen molar-refractivity contribution in [3.8, 4) is 0 Å². The fourth-order valence-corrected chi connectivity index (χ4v) is 1.29. The predicted molar refractivity (Wildman–Crippen MR) is 64.2 cm³/mol. The Balaban J connectivity index is 2.35. The maximum absolute atomic E-state index is 11.6. The number of nitrogens with zero attached hydrogens (tertiary/aromatic N) is 2. The van der Waals surface area contributed by atoms with Gasteiger partial charge in [-0.15, -0.1) is 0 Å². The van der Waals surface area contributed by atoms with E-state index < -0.39 is 12.0 Å². The summed E-state index contributed by atoms with van der Waals surface area (Å²) in [5, 5.41) is 15.0. The van der Waals surface area contributed by atoms with Gasteiger partial charge < -0.3 is 14.9 Å². The van der Waals surface area contributed by atoms with Crippen LogP contribution in [0.25, 0.3) is 0 Å². The van der Waals surface area contributed by atoms with E-state index in [4.69, 9.17) is 9.63 Å². The van der Waals surface area contributed by atoms with E-state index in [1.807, 2.05) is 0 Å². The minimum atomic E-state index is -0.912. The van der Waals surface area contributed by atoms with Crippen LogP contribution in [0.15, 0.2) is 10.6 Å². The standard InChI is InChI=1S/C11H17N3O4/c1-7-6-9(13-18-7)12-10(15)4-5-14(3)8(2)11(16)17/h6,8H,4-5H2,1-3H3,(H,16,17)(H,12,13,15). The summed E-state index contributed by atoms with van der Waals surface area (Å²) in [6.45, 7) is 3.66. The molecule has 7 heteroatoms. The van der Waals surface area contributed by atoms with Crippen LogP contribution in [0.3, 0.4) is 0 Å². The van der Waals surface area contributed by atoms with Crippen LogP contribution in [0.1, 0.15) is 19.1 Å². The summed E-state index contributed by atoms with van der Waals surface area (Å²) in [6.07, 6.45) is 0.194. The maximum atomic E-state index is 11.6.